The Bertz CT molecular complexity index is 1600. The van der Waals surface area contributed by atoms with Crippen LogP contribution in [0.25, 0.3) is 0 Å². The molecule has 0 atom stereocenters. The van der Waals surface area contributed by atoms with Crippen molar-refractivity contribution >= 4 is 31.4 Å². The number of piperazine rings is 2. The van der Waals surface area contributed by atoms with Crippen LogP contribution in [0.3, 0.4) is 0 Å². The standard InChI is InChI=1S/C20H33N3O3S.C15H23N3O4S/c1-16(2)23(17-7-5-4-6-8-17)27(24,25)18-9-10-20(26-3)19(15-18)22-13-11-21-12-14-22;1-21-15-3-2-13(12-14(15)17-6-4-16-5-7-17)23(19,20)18-8-10-22-11-9-18/h9-10,15-17,21H,4-8,11-14H2,1-3H3;2-3,12,16H,4-11H2,1H3. The molecule has 2 aromatic carbocycles. The number of nitrogens with zero attached hydrogens (tertiary/aromatic N) is 4. The monoisotopic (exact) mass is 736 g/mol. The number of hydrogen-bond donors (Lipinski definition) is 2. The Balaban J connectivity index is 0.000000197. The first kappa shape index (κ1) is 38.6. The molecule has 0 spiro atoms. The Morgan fingerprint density at radius 2 is 1.20 bits per heavy atom. The van der Waals surface area contributed by atoms with Crippen LogP contribution in [-0.4, -0.2) is 130 Å². The maximum atomic E-state index is 13.6. The van der Waals surface area contributed by atoms with Crippen molar-refractivity contribution in [1.82, 2.24) is 19.2 Å². The van der Waals surface area contributed by atoms with Crippen LogP contribution < -0.4 is 29.9 Å². The number of nitrogens with one attached hydrogen (secondary N) is 2. The van der Waals surface area contributed by atoms with Gasteiger partial charge in [0.1, 0.15) is 11.5 Å². The lowest BCUT2D eigenvalue weighted by Crippen LogP contribution is -2.46. The van der Waals surface area contributed by atoms with Gasteiger partial charge in [-0.25, -0.2) is 16.8 Å². The molecule has 0 amide bonds. The molecule has 50 heavy (non-hydrogen) atoms. The van der Waals surface area contributed by atoms with Crippen LogP contribution in [0.2, 0.25) is 0 Å². The van der Waals surface area contributed by atoms with E-state index >= 15 is 0 Å². The van der Waals surface area contributed by atoms with Crippen LogP contribution in [0.4, 0.5) is 11.4 Å². The lowest BCUT2D eigenvalue weighted by atomic mass is 9.95. The summed E-state index contributed by atoms with van der Waals surface area (Å²) in [5.74, 6) is 1.43. The average molecular weight is 737 g/mol. The van der Waals surface area contributed by atoms with Crippen LogP contribution >= 0.6 is 0 Å². The number of hydrogen-bond acceptors (Lipinski definition) is 11. The molecule has 1 saturated carbocycles. The Morgan fingerprint density at radius 3 is 1.68 bits per heavy atom. The quantitative estimate of drug-likeness (QED) is 0.373. The van der Waals surface area contributed by atoms with Crippen LogP contribution in [0, 0.1) is 0 Å². The zero-order chi connectivity index (χ0) is 35.7. The van der Waals surface area contributed by atoms with Crippen molar-refractivity contribution in [3.8, 4) is 11.5 Å². The van der Waals surface area contributed by atoms with E-state index in [1.807, 2.05) is 13.8 Å². The van der Waals surface area contributed by atoms with Gasteiger partial charge in [-0.1, -0.05) is 19.3 Å². The molecule has 3 heterocycles. The number of morpholine rings is 1. The molecule has 2 N–H and O–H groups in total. The first-order valence-electron chi connectivity index (χ1n) is 18.0. The van der Waals surface area contributed by atoms with Crippen LogP contribution in [0.15, 0.2) is 46.2 Å². The van der Waals surface area contributed by atoms with E-state index in [2.05, 4.69) is 20.4 Å². The SMILES string of the molecule is COc1ccc(S(=O)(=O)N(C(C)C)C2CCCCC2)cc1N1CCNCC1.COc1ccc(S(=O)(=O)N2CCOCC2)cc1N1CCNCC1. The van der Waals surface area contributed by atoms with E-state index in [1.165, 1.54) is 10.7 Å². The number of anilines is 2. The second-order valence-corrected chi connectivity index (χ2v) is 17.2. The van der Waals surface area contributed by atoms with Crippen molar-refractivity contribution in [1.29, 1.82) is 0 Å². The fourth-order valence-electron chi connectivity index (χ4n) is 7.25. The van der Waals surface area contributed by atoms with Crippen molar-refractivity contribution in [2.45, 2.75) is 67.8 Å². The molecule has 2 aromatic rings. The van der Waals surface area contributed by atoms with Crippen molar-refractivity contribution in [3.63, 3.8) is 0 Å². The molecule has 6 rings (SSSR count). The van der Waals surface area contributed by atoms with Gasteiger partial charge in [-0.3, -0.25) is 0 Å². The molecule has 4 aliphatic rings. The zero-order valence-corrected chi connectivity index (χ0v) is 31.7. The zero-order valence-electron chi connectivity index (χ0n) is 30.1. The average Bonchev–Trinajstić information content (AvgIpc) is 3.15. The van der Waals surface area contributed by atoms with Gasteiger partial charge in [0.05, 0.1) is 48.6 Å². The summed E-state index contributed by atoms with van der Waals surface area (Å²) in [4.78, 5) is 5.05. The van der Waals surface area contributed by atoms with E-state index in [1.54, 1.807) is 54.9 Å². The minimum absolute atomic E-state index is 0.0529. The highest BCUT2D eigenvalue weighted by molar-refractivity contribution is 7.89. The van der Waals surface area contributed by atoms with Crippen LogP contribution in [-0.2, 0) is 24.8 Å². The van der Waals surface area contributed by atoms with Crippen LogP contribution in [0.5, 0.6) is 11.5 Å². The molecule has 3 saturated heterocycles. The minimum atomic E-state index is -3.55. The van der Waals surface area contributed by atoms with Gasteiger partial charge in [-0.2, -0.15) is 8.61 Å². The highest BCUT2D eigenvalue weighted by Gasteiger charge is 2.35. The number of rotatable bonds is 10. The van der Waals surface area contributed by atoms with E-state index < -0.39 is 20.0 Å². The van der Waals surface area contributed by atoms with E-state index in [-0.39, 0.29) is 12.1 Å². The number of ether oxygens (including phenoxy) is 3. The van der Waals surface area contributed by atoms with E-state index in [0.717, 1.165) is 95.2 Å². The Hall–Kier alpha value is -2.66. The largest absolute Gasteiger partial charge is 0.495 e. The second kappa shape index (κ2) is 17.7. The lowest BCUT2D eigenvalue weighted by molar-refractivity contribution is 0.0730. The Labute approximate surface area is 299 Å². The van der Waals surface area contributed by atoms with Crippen LogP contribution in [0.1, 0.15) is 46.0 Å². The van der Waals surface area contributed by atoms with Crippen molar-refractivity contribution in [3.05, 3.63) is 36.4 Å². The van der Waals surface area contributed by atoms with E-state index in [4.69, 9.17) is 14.2 Å². The van der Waals surface area contributed by atoms with Gasteiger partial charge >= 0.3 is 0 Å². The van der Waals surface area contributed by atoms with Crippen molar-refractivity contribution in [2.75, 3.05) is 103 Å². The molecular formula is C35H56N6O7S2. The van der Waals surface area contributed by atoms with Gasteiger partial charge in [0.25, 0.3) is 0 Å². The first-order valence-corrected chi connectivity index (χ1v) is 20.8. The third-order valence-electron chi connectivity index (χ3n) is 9.84. The summed E-state index contributed by atoms with van der Waals surface area (Å²) in [7, 11) is -3.80. The molecule has 13 nitrogen and oxygen atoms in total. The van der Waals surface area contributed by atoms with Crippen molar-refractivity contribution < 1.29 is 31.0 Å². The van der Waals surface area contributed by atoms with Gasteiger partial charge in [0.2, 0.25) is 20.0 Å². The summed E-state index contributed by atoms with van der Waals surface area (Å²) < 4.78 is 72.2. The lowest BCUT2D eigenvalue weighted by Gasteiger charge is -2.36. The number of methoxy groups -OCH3 is 2. The normalized spacial score (nSPS) is 20.0. The predicted octanol–water partition coefficient (Wildman–Crippen LogP) is 2.96. The third kappa shape index (κ3) is 9.03. The summed E-state index contributed by atoms with van der Waals surface area (Å²) >= 11 is 0. The van der Waals surface area contributed by atoms with Gasteiger partial charge in [0, 0.05) is 77.5 Å². The highest BCUT2D eigenvalue weighted by Crippen LogP contribution is 2.36. The summed E-state index contributed by atoms with van der Waals surface area (Å²) in [6.45, 7) is 12.5. The Kier molecular flexibility index (Phi) is 13.7. The maximum Gasteiger partial charge on any atom is 0.243 e. The van der Waals surface area contributed by atoms with Gasteiger partial charge in [-0.05, 0) is 63.1 Å². The number of benzene rings is 2. The number of sulfonamides is 2. The van der Waals surface area contributed by atoms with Gasteiger partial charge in [-0.15, -0.1) is 0 Å². The highest BCUT2D eigenvalue weighted by atomic mass is 32.2. The molecule has 0 radical (unpaired) electrons. The van der Waals surface area contributed by atoms with Crippen molar-refractivity contribution in [2.24, 2.45) is 0 Å². The van der Waals surface area contributed by atoms with Gasteiger partial charge < -0.3 is 34.6 Å². The molecular weight excluding hydrogens is 681 g/mol. The second-order valence-electron chi connectivity index (χ2n) is 13.4. The predicted molar refractivity (Wildman–Crippen MR) is 197 cm³/mol. The molecule has 0 aromatic heterocycles. The molecule has 0 unspecified atom stereocenters. The molecule has 1 aliphatic carbocycles. The molecule has 4 fully saturated rings. The molecule has 0 bridgehead atoms. The topological polar surface area (TPSA) is 133 Å². The first-order chi connectivity index (χ1) is 24.1. The van der Waals surface area contributed by atoms with E-state index in [9.17, 15) is 16.8 Å². The molecule has 3 aliphatic heterocycles. The summed E-state index contributed by atoms with van der Waals surface area (Å²) in [5, 5.41) is 6.63. The summed E-state index contributed by atoms with van der Waals surface area (Å²) in [5.41, 5.74) is 1.70. The van der Waals surface area contributed by atoms with E-state index in [0.29, 0.717) is 41.8 Å². The third-order valence-corrected chi connectivity index (χ3v) is 13.9. The fourth-order valence-corrected chi connectivity index (χ4v) is 10.6. The fraction of sp³-hybridized carbons (Fsp3) is 0.657. The Morgan fingerprint density at radius 1 is 0.720 bits per heavy atom. The summed E-state index contributed by atoms with van der Waals surface area (Å²) in [6.07, 6.45) is 5.34. The molecule has 280 valence electrons. The maximum absolute atomic E-state index is 13.6. The summed E-state index contributed by atoms with van der Waals surface area (Å²) in [6, 6.07) is 10.4. The molecule has 15 heteroatoms. The smallest absolute Gasteiger partial charge is 0.243 e. The van der Waals surface area contributed by atoms with Gasteiger partial charge in [0.15, 0.2) is 0 Å². The minimum Gasteiger partial charge on any atom is -0.495 e.